The molecule has 0 amide bonds. The monoisotopic (exact) mass is 201 g/mol. The number of fused-ring (bicyclic) bond motifs is 2. The van der Waals surface area contributed by atoms with E-state index in [1.54, 1.807) is 0 Å². The summed E-state index contributed by atoms with van der Waals surface area (Å²) in [6.45, 7) is 6.49. The number of likely N-dealkylation sites (N-methyl/N-ethyl adjacent to an activating group) is 1. The maximum atomic E-state index is 4.73. The van der Waals surface area contributed by atoms with E-state index < -0.39 is 0 Å². The minimum absolute atomic E-state index is 1.02. The quantitative estimate of drug-likeness (QED) is 0.690. The van der Waals surface area contributed by atoms with Gasteiger partial charge in [-0.15, -0.1) is 0 Å². The van der Waals surface area contributed by atoms with Crippen LogP contribution < -0.4 is 0 Å². The Bertz CT molecular complexity index is 411. The molecule has 0 radical (unpaired) electrons. The van der Waals surface area contributed by atoms with E-state index in [1.807, 2.05) is 0 Å². The molecule has 1 aromatic rings. The van der Waals surface area contributed by atoms with E-state index in [-0.39, 0.29) is 0 Å². The van der Waals surface area contributed by atoms with Gasteiger partial charge in [0.05, 0.1) is 5.69 Å². The molecule has 0 unspecified atom stereocenters. The van der Waals surface area contributed by atoms with E-state index in [4.69, 9.17) is 4.99 Å². The van der Waals surface area contributed by atoms with E-state index in [0.717, 1.165) is 37.8 Å². The summed E-state index contributed by atoms with van der Waals surface area (Å²) in [6.07, 6.45) is 0. The molecular weight excluding hydrogens is 186 g/mol. The highest BCUT2D eigenvalue weighted by Crippen LogP contribution is 2.28. The lowest BCUT2D eigenvalue weighted by Crippen LogP contribution is -2.34. The first kappa shape index (κ1) is 8.77. The number of nitrogens with zero attached hydrogens (tertiary/aromatic N) is 3. The SMILES string of the molecule is CCN1CCN2Cc3ccccc3N=C12. The van der Waals surface area contributed by atoms with Gasteiger partial charge in [0.1, 0.15) is 0 Å². The Balaban J connectivity index is 2.03. The first-order valence-corrected chi connectivity index (χ1v) is 5.55. The Morgan fingerprint density at radius 1 is 1.27 bits per heavy atom. The third-order valence-electron chi connectivity index (χ3n) is 3.16. The molecule has 1 saturated heterocycles. The largest absolute Gasteiger partial charge is 0.341 e. The minimum atomic E-state index is 1.02. The molecule has 0 bridgehead atoms. The van der Waals surface area contributed by atoms with Gasteiger partial charge in [0.2, 0.25) is 5.96 Å². The highest BCUT2D eigenvalue weighted by atomic mass is 15.4. The summed E-state index contributed by atoms with van der Waals surface area (Å²) in [5, 5.41) is 0. The van der Waals surface area contributed by atoms with Crippen LogP contribution in [-0.2, 0) is 6.54 Å². The smallest absolute Gasteiger partial charge is 0.202 e. The molecule has 3 heteroatoms. The summed E-state index contributed by atoms with van der Waals surface area (Å²) < 4.78 is 0. The van der Waals surface area contributed by atoms with Crippen LogP contribution in [0.5, 0.6) is 0 Å². The van der Waals surface area contributed by atoms with Crippen LogP contribution in [0.4, 0.5) is 5.69 Å². The molecule has 0 saturated carbocycles. The Hall–Kier alpha value is -1.51. The van der Waals surface area contributed by atoms with Crippen molar-refractivity contribution in [3.8, 4) is 0 Å². The molecule has 1 fully saturated rings. The van der Waals surface area contributed by atoms with E-state index in [2.05, 4.69) is 41.0 Å². The van der Waals surface area contributed by atoms with Gasteiger partial charge in [-0.2, -0.15) is 0 Å². The number of guanidine groups is 1. The topological polar surface area (TPSA) is 18.8 Å². The third kappa shape index (κ3) is 1.30. The summed E-state index contributed by atoms with van der Waals surface area (Å²) in [4.78, 5) is 9.44. The fourth-order valence-corrected chi connectivity index (χ4v) is 2.30. The lowest BCUT2D eigenvalue weighted by Gasteiger charge is -2.26. The third-order valence-corrected chi connectivity index (χ3v) is 3.16. The number of benzene rings is 1. The van der Waals surface area contributed by atoms with Crippen molar-refractivity contribution in [2.24, 2.45) is 4.99 Å². The molecule has 0 aliphatic carbocycles. The fourth-order valence-electron chi connectivity index (χ4n) is 2.30. The second-order valence-electron chi connectivity index (χ2n) is 4.04. The maximum absolute atomic E-state index is 4.73. The van der Waals surface area contributed by atoms with Crippen LogP contribution in [0, 0.1) is 0 Å². The first-order chi connectivity index (χ1) is 7.38. The van der Waals surface area contributed by atoms with Crippen molar-refractivity contribution in [3.05, 3.63) is 29.8 Å². The van der Waals surface area contributed by atoms with Gasteiger partial charge in [-0.25, -0.2) is 4.99 Å². The second-order valence-corrected chi connectivity index (χ2v) is 4.04. The Labute approximate surface area is 90.0 Å². The molecule has 0 aromatic heterocycles. The second kappa shape index (κ2) is 3.26. The van der Waals surface area contributed by atoms with Gasteiger partial charge in [-0.1, -0.05) is 18.2 Å². The number of para-hydroxylation sites is 1. The molecule has 1 aromatic carbocycles. The lowest BCUT2D eigenvalue weighted by atomic mass is 10.1. The van der Waals surface area contributed by atoms with E-state index in [1.165, 1.54) is 5.56 Å². The van der Waals surface area contributed by atoms with E-state index >= 15 is 0 Å². The Morgan fingerprint density at radius 3 is 3.00 bits per heavy atom. The predicted octanol–water partition coefficient (Wildman–Crippen LogP) is 1.83. The molecule has 0 spiro atoms. The van der Waals surface area contributed by atoms with Gasteiger partial charge in [-0.05, 0) is 18.6 Å². The van der Waals surface area contributed by atoms with Crippen LogP contribution in [0.2, 0.25) is 0 Å². The lowest BCUT2D eigenvalue weighted by molar-refractivity contribution is 0.451. The summed E-state index contributed by atoms with van der Waals surface area (Å²) in [5.74, 6) is 1.16. The highest BCUT2D eigenvalue weighted by Gasteiger charge is 2.28. The molecule has 3 rings (SSSR count). The average Bonchev–Trinajstić information content (AvgIpc) is 2.68. The van der Waals surface area contributed by atoms with Gasteiger partial charge < -0.3 is 9.80 Å². The molecule has 0 N–H and O–H groups in total. The van der Waals surface area contributed by atoms with Gasteiger partial charge in [0, 0.05) is 26.2 Å². The predicted molar refractivity (Wildman–Crippen MR) is 61.2 cm³/mol. The molecule has 78 valence electrons. The van der Waals surface area contributed by atoms with Crippen molar-refractivity contribution in [2.75, 3.05) is 19.6 Å². The number of hydrogen-bond acceptors (Lipinski definition) is 3. The van der Waals surface area contributed by atoms with Crippen molar-refractivity contribution in [1.82, 2.24) is 9.80 Å². The molecule has 15 heavy (non-hydrogen) atoms. The van der Waals surface area contributed by atoms with Crippen LogP contribution in [0.1, 0.15) is 12.5 Å². The van der Waals surface area contributed by atoms with Crippen LogP contribution >= 0.6 is 0 Å². The molecule has 3 nitrogen and oxygen atoms in total. The van der Waals surface area contributed by atoms with Crippen LogP contribution in [0.15, 0.2) is 29.3 Å². The molecular formula is C12H15N3. The van der Waals surface area contributed by atoms with Crippen molar-refractivity contribution in [1.29, 1.82) is 0 Å². The number of rotatable bonds is 1. The molecule has 2 aliphatic rings. The Morgan fingerprint density at radius 2 is 2.13 bits per heavy atom. The van der Waals surface area contributed by atoms with E-state index in [9.17, 15) is 0 Å². The maximum Gasteiger partial charge on any atom is 0.202 e. The summed E-state index contributed by atoms with van der Waals surface area (Å²) >= 11 is 0. The van der Waals surface area contributed by atoms with Crippen molar-refractivity contribution in [3.63, 3.8) is 0 Å². The molecule has 2 aliphatic heterocycles. The van der Waals surface area contributed by atoms with Crippen LogP contribution in [0.3, 0.4) is 0 Å². The highest BCUT2D eigenvalue weighted by molar-refractivity contribution is 5.86. The van der Waals surface area contributed by atoms with Gasteiger partial charge in [-0.3, -0.25) is 0 Å². The van der Waals surface area contributed by atoms with Crippen molar-refractivity contribution in [2.45, 2.75) is 13.5 Å². The minimum Gasteiger partial charge on any atom is -0.341 e. The molecule has 0 atom stereocenters. The van der Waals surface area contributed by atoms with Crippen LogP contribution in [0.25, 0.3) is 0 Å². The molecule has 2 heterocycles. The zero-order valence-electron chi connectivity index (χ0n) is 8.98. The zero-order valence-corrected chi connectivity index (χ0v) is 8.98. The number of hydrogen-bond donors (Lipinski definition) is 0. The standard InChI is InChI=1S/C12H15N3/c1-2-14-7-8-15-9-10-5-3-4-6-11(10)13-12(14)15/h3-6H,2,7-9H2,1H3. The first-order valence-electron chi connectivity index (χ1n) is 5.55. The summed E-state index contributed by atoms with van der Waals surface area (Å²) in [6, 6.07) is 8.42. The number of aliphatic imine (C=N–C) groups is 1. The van der Waals surface area contributed by atoms with Crippen molar-refractivity contribution >= 4 is 11.6 Å². The normalized spacial score (nSPS) is 18.6. The summed E-state index contributed by atoms with van der Waals surface area (Å²) in [5.41, 5.74) is 2.49. The Kier molecular flexibility index (Phi) is 1.91. The van der Waals surface area contributed by atoms with Gasteiger partial charge >= 0.3 is 0 Å². The van der Waals surface area contributed by atoms with Gasteiger partial charge in [0.25, 0.3) is 0 Å². The van der Waals surface area contributed by atoms with Gasteiger partial charge in [0.15, 0.2) is 0 Å². The zero-order chi connectivity index (χ0) is 10.3. The summed E-state index contributed by atoms with van der Waals surface area (Å²) in [7, 11) is 0. The fraction of sp³-hybridized carbons (Fsp3) is 0.417. The van der Waals surface area contributed by atoms with E-state index in [0.29, 0.717) is 0 Å². The van der Waals surface area contributed by atoms with Crippen molar-refractivity contribution < 1.29 is 0 Å². The average molecular weight is 201 g/mol. The van der Waals surface area contributed by atoms with Crippen LogP contribution in [-0.4, -0.2) is 35.4 Å².